The smallest absolute Gasteiger partial charge is 0.258 e. The van der Waals surface area contributed by atoms with Crippen LogP contribution >= 0.6 is 10.7 Å². The number of aryl methyl sites for hydroxylation is 1. The molecule has 0 aliphatic carbocycles. The quantitative estimate of drug-likeness (QED) is 0.466. The normalized spacial score (nSPS) is 11.3. The Morgan fingerprint density at radius 3 is 2.47 bits per heavy atom. The average Bonchev–Trinajstić information content (AvgIpc) is 1.99. The van der Waals surface area contributed by atoms with Crippen molar-refractivity contribution in [3.63, 3.8) is 0 Å². The van der Waals surface area contributed by atoms with Gasteiger partial charge in [-0.15, -0.1) is 0 Å². The van der Waals surface area contributed by atoms with E-state index >= 15 is 0 Å². The van der Waals surface area contributed by atoms with Crippen molar-refractivity contribution < 1.29 is 13.3 Å². The topological polar surface area (TPSA) is 77.3 Å². The summed E-state index contributed by atoms with van der Waals surface area (Å²) in [5.74, 6) is -0.326. The van der Waals surface area contributed by atoms with Crippen molar-refractivity contribution in [2.24, 2.45) is 0 Å². The summed E-state index contributed by atoms with van der Waals surface area (Å²) in [7, 11) is 1.44. The molecule has 7 heteroatoms. The molecular formula is C8H8ClNO4S. The molecule has 0 unspecified atom stereocenters. The van der Waals surface area contributed by atoms with Crippen molar-refractivity contribution in [3.8, 4) is 0 Å². The minimum Gasteiger partial charge on any atom is -0.258 e. The SMILES string of the molecule is Cc1cc(CS(=O)(=O)Cl)ccc1[N+](=O)[O-]. The Labute approximate surface area is 91.2 Å². The van der Waals surface area contributed by atoms with Gasteiger partial charge in [-0.25, -0.2) is 8.42 Å². The highest BCUT2D eigenvalue weighted by molar-refractivity contribution is 8.13. The van der Waals surface area contributed by atoms with Crippen LogP contribution in [0.25, 0.3) is 0 Å². The van der Waals surface area contributed by atoms with Gasteiger partial charge in [-0.2, -0.15) is 0 Å². The molecule has 0 aliphatic heterocycles. The lowest BCUT2D eigenvalue weighted by Crippen LogP contribution is -1.97. The third-order valence-corrected chi connectivity index (χ3v) is 2.80. The zero-order valence-corrected chi connectivity index (χ0v) is 9.38. The molecule has 0 heterocycles. The molecule has 1 rings (SSSR count). The van der Waals surface area contributed by atoms with Crippen LogP contribution in [0.5, 0.6) is 0 Å². The predicted molar refractivity (Wildman–Crippen MR) is 56.3 cm³/mol. The fourth-order valence-electron chi connectivity index (χ4n) is 1.21. The Morgan fingerprint density at radius 1 is 1.47 bits per heavy atom. The van der Waals surface area contributed by atoms with Crippen LogP contribution in [0.15, 0.2) is 18.2 Å². The standard InChI is InChI=1S/C8H8ClNO4S/c1-6-4-7(5-15(9,13)14)2-3-8(6)10(11)12/h2-4H,5H2,1H3. The van der Waals surface area contributed by atoms with E-state index in [0.717, 1.165) is 0 Å². The van der Waals surface area contributed by atoms with Gasteiger partial charge in [-0.3, -0.25) is 10.1 Å². The zero-order chi connectivity index (χ0) is 11.6. The third kappa shape index (κ3) is 3.49. The molecule has 0 bridgehead atoms. The summed E-state index contributed by atoms with van der Waals surface area (Å²) in [5, 5.41) is 10.5. The first kappa shape index (κ1) is 11.9. The highest BCUT2D eigenvalue weighted by Gasteiger charge is 2.13. The number of benzene rings is 1. The summed E-state index contributed by atoms with van der Waals surface area (Å²) in [6.45, 7) is 1.54. The fraction of sp³-hybridized carbons (Fsp3) is 0.250. The molecular weight excluding hydrogens is 242 g/mol. The van der Waals surface area contributed by atoms with Crippen LogP contribution in [0, 0.1) is 17.0 Å². The molecule has 0 N–H and O–H groups in total. The maximum Gasteiger partial charge on any atom is 0.272 e. The molecule has 0 atom stereocenters. The van der Waals surface area contributed by atoms with E-state index in [1.165, 1.54) is 18.2 Å². The van der Waals surface area contributed by atoms with Gasteiger partial charge in [-0.05, 0) is 18.6 Å². The van der Waals surface area contributed by atoms with Crippen LogP contribution in [-0.2, 0) is 14.8 Å². The first-order valence-corrected chi connectivity index (χ1v) is 6.44. The van der Waals surface area contributed by atoms with Crippen molar-refractivity contribution in [3.05, 3.63) is 39.4 Å². The molecule has 0 aliphatic rings. The van der Waals surface area contributed by atoms with Crippen LogP contribution in [0.3, 0.4) is 0 Å². The van der Waals surface area contributed by atoms with E-state index < -0.39 is 14.0 Å². The van der Waals surface area contributed by atoms with Gasteiger partial charge >= 0.3 is 0 Å². The Kier molecular flexibility index (Phi) is 3.31. The Balaban J connectivity index is 3.07. The fourth-order valence-corrected chi connectivity index (χ4v) is 2.17. The van der Waals surface area contributed by atoms with Crippen LogP contribution in [-0.4, -0.2) is 13.3 Å². The van der Waals surface area contributed by atoms with Gasteiger partial charge in [0.2, 0.25) is 9.05 Å². The lowest BCUT2D eigenvalue weighted by molar-refractivity contribution is -0.385. The van der Waals surface area contributed by atoms with Crippen molar-refractivity contribution in [1.29, 1.82) is 0 Å². The minimum atomic E-state index is -3.62. The molecule has 0 fully saturated rings. The minimum absolute atomic E-state index is 0.0364. The van der Waals surface area contributed by atoms with Crippen molar-refractivity contribution in [1.82, 2.24) is 0 Å². The molecule has 15 heavy (non-hydrogen) atoms. The van der Waals surface area contributed by atoms with E-state index in [1.54, 1.807) is 6.92 Å². The number of rotatable bonds is 3. The lowest BCUT2D eigenvalue weighted by Gasteiger charge is -2.00. The molecule has 5 nitrogen and oxygen atoms in total. The summed E-state index contributed by atoms with van der Waals surface area (Å²) in [6.07, 6.45) is 0. The highest BCUT2D eigenvalue weighted by atomic mass is 35.7. The molecule has 0 spiro atoms. The zero-order valence-electron chi connectivity index (χ0n) is 7.81. The summed E-state index contributed by atoms with van der Waals surface area (Å²) in [6, 6.07) is 4.09. The van der Waals surface area contributed by atoms with Gasteiger partial charge < -0.3 is 0 Å². The summed E-state index contributed by atoms with van der Waals surface area (Å²) in [4.78, 5) is 9.96. The van der Waals surface area contributed by atoms with E-state index in [0.29, 0.717) is 11.1 Å². The summed E-state index contributed by atoms with van der Waals surface area (Å²) < 4.78 is 21.5. The van der Waals surface area contributed by atoms with Gasteiger partial charge in [-0.1, -0.05) is 6.07 Å². The molecule has 1 aromatic carbocycles. The van der Waals surface area contributed by atoms with Crippen molar-refractivity contribution >= 4 is 25.4 Å². The summed E-state index contributed by atoms with van der Waals surface area (Å²) in [5.41, 5.74) is 0.816. The largest absolute Gasteiger partial charge is 0.272 e. The van der Waals surface area contributed by atoms with Crippen molar-refractivity contribution in [2.75, 3.05) is 0 Å². The number of hydrogen-bond acceptors (Lipinski definition) is 4. The maximum atomic E-state index is 10.8. The maximum absolute atomic E-state index is 10.8. The highest BCUT2D eigenvalue weighted by Crippen LogP contribution is 2.20. The second-order valence-electron chi connectivity index (χ2n) is 3.06. The Hall–Kier alpha value is -1.14. The number of halogens is 1. The molecule has 82 valence electrons. The monoisotopic (exact) mass is 249 g/mol. The first-order valence-electron chi connectivity index (χ1n) is 3.96. The number of hydrogen-bond donors (Lipinski definition) is 0. The van der Waals surface area contributed by atoms with Crippen LogP contribution in [0.2, 0.25) is 0 Å². The first-order chi connectivity index (χ1) is 6.79. The van der Waals surface area contributed by atoms with Gasteiger partial charge in [0.1, 0.15) is 0 Å². The predicted octanol–water partition coefficient (Wildman–Crippen LogP) is 1.97. The van der Waals surface area contributed by atoms with E-state index in [-0.39, 0.29) is 11.4 Å². The number of nitro benzene ring substituents is 1. The van der Waals surface area contributed by atoms with Gasteiger partial charge in [0.25, 0.3) is 5.69 Å². The van der Waals surface area contributed by atoms with Crippen molar-refractivity contribution in [2.45, 2.75) is 12.7 Å². The molecule has 0 aromatic heterocycles. The summed E-state index contributed by atoms with van der Waals surface area (Å²) >= 11 is 0. The molecule has 0 saturated heterocycles. The number of nitrogens with zero attached hydrogens (tertiary/aromatic N) is 1. The second-order valence-corrected chi connectivity index (χ2v) is 5.84. The molecule has 1 aromatic rings. The third-order valence-electron chi connectivity index (χ3n) is 1.80. The van der Waals surface area contributed by atoms with E-state index in [4.69, 9.17) is 10.7 Å². The Bertz CT molecular complexity index is 497. The van der Waals surface area contributed by atoms with E-state index in [9.17, 15) is 18.5 Å². The van der Waals surface area contributed by atoms with Crippen LogP contribution in [0.1, 0.15) is 11.1 Å². The lowest BCUT2D eigenvalue weighted by atomic mass is 10.1. The molecule has 0 saturated carbocycles. The van der Waals surface area contributed by atoms with E-state index in [1.807, 2.05) is 0 Å². The van der Waals surface area contributed by atoms with Crippen LogP contribution in [0.4, 0.5) is 5.69 Å². The number of nitro groups is 1. The average molecular weight is 250 g/mol. The Morgan fingerprint density at radius 2 is 2.07 bits per heavy atom. The molecule has 0 amide bonds. The second kappa shape index (κ2) is 4.16. The van der Waals surface area contributed by atoms with Gasteiger partial charge in [0, 0.05) is 22.3 Å². The van der Waals surface area contributed by atoms with Gasteiger partial charge in [0.05, 0.1) is 10.7 Å². The van der Waals surface area contributed by atoms with Crippen LogP contribution < -0.4 is 0 Å². The van der Waals surface area contributed by atoms with Gasteiger partial charge in [0.15, 0.2) is 0 Å². The molecule has 0 radical (unpaired) electrons. The van der Waals surface area contributed by atoms with E-state index in [2.05, 4.69) is 0 Å².